The minimum absolute atomic E-state index is 0.154. The largest absolute Gasteiger partial charge is 0.394 e. The molecule has 0 saturated heterocycles. The van der Waals surface area contributed by atoms with Gasteiger partial charge in [0, 0.05) is 5.39 Å². The number of rotatable bonds is 5. The number of aliphatic hydroxyl groups is 3. The number of nitrogens with zero attached hydrogens (tertiary/aromatic N) is 1. The lowest BCUT2D eigenvalue weighted by Crippen LogP contribution is -2.57. The molecule has 6 nitrogen and oxygen atoms in total. The lowest BCUT2D eigenvalue weighted by molar-refractivity contribution is 0.0376. The van der Waals surface area contributed by atoms with Gasteiger partial charge in [0.05, 0.1) is 30.9 Å². The number of fused-ring (bicyclic) bond motifs is 1. The van der Waals surface area contributed by atoms with Gasteiger partial charge in [0.1, 0.15) is 10.7 Å². The molecule has 7 heteroatoms. The lowest BCUT2D eigenvalue weighted by Gasteiger charge is -2.28. The number of benzene rings is 1. The molecule has 112 valence electrons. The fourth-order valence-corrected chi connectivity index (χ4v) is 2.11. The van der Waals surface area contributed by atoms with Crippen molar-refractivity contribution in [2.75, 3.05) is 19.8 Å². The second kappa shape index (κ2) is 6.36. The third kappa shape index (κ3) is 3.14. The van der Waals surface area contributed by atoms with Gasteiger partial charge in [-0.05, 0) is 12.1 Å². The highest BCUT2D eigenvalue weighted by Gasteiger charge is 2.31. The molecule has 2 rings (SSSR count). The van der Waals surface area contributed by atoms with Gasteiger partial charge in [-0.25, -0.2) is 4.98 Å². The van der Waals surface area contributed by atoms with Crippen LogP contribution in [0.4, 0.5) is 0 Å². The summed E-state index contributed by atoms with van der Waals surface area (Å²) in [5.74, 6) is -0.562. The Morgan fingerprint density at radius 1 is 1.19 bits per heavy atom. The number of hydrogen-bond donors (Lipinski definition) is 4. The number of para-hydroxylation sites is 1. The summed E-state index contributed by atoms with van der Waals surface area (Å²) in [5, 5.41) is 31.0. The number of halogens is 1. The molecule has 0 aliphatic heterocycles. The molecule has 0 saturated carbocycles. The van der Waals surface area contributed by atoms with Gasteiger partial charge in [-0.1, -0.05) is 29.8 Å². The predicted octanol–water partition coefficient (Wildman–Crippen LogP) is 0.334. The summed E-state index contributed by atoms with van der Waals surface area (Å²) in [6.07, 6.45) is 0. The first-order chi connectivity index (χ1) is 10.0. The van der Waals surface area contributed by atoms with E-state index < -0.39 is 31.3 Å². The van der Waals surface area contributed by atoms with E-state index in [1.165, 1.54) is 6.07 Å². The molecule has 1 aromatic heterocycles. The van der Waals surface area contributed by atoms with Crippen molar-refractivity contribution < 1.29 is 20.1 Å². The highest BCUT2D eigenvalue weighted by Crippen LogP contribution is 2.21. The second-order valence-electron chi connectivity index (χ2n) is 4.72. The zero-order valence-corrected chi connectivity index (χ0v) is 11.8. The van der Waals surface area contributed by atoms with Crippen LogP contribution in [0.2, 0.25) is 5.15 Å². The second-order valence-corrected chi connectivity index (χ2v) is 5.11. The molecule has 1 aromatic carbocycles. The van der Waals surface area contributed by atoms with E-state index >= 15 is 0 Å². The van der Waals surface area contributed by atoms with Crippen LogP contribution in [0.25, 0.3) is 10.9 Å². The van der Waals surface area contributed by atoms with Crippen molar-refractivity contribution in [1.29, 1.82) is 0 Å². The van der Waals surface area contributed by atoms with Crippen LogP contribution in [0.5, 0.6) is 0 Å². The number of carbonyl (C=O) groups excluding carboxylic acids is 1. The maximum absolute atomic E-state index is 12.4. The Morgan fingerprint density at radius 3 is 2.43 bits per heavy atom. The number of carbonyl (C=O) groups is 1. The normalized spacial score (nSPS) is 11.6. The molecule has 2 aromatic rings. The zero-order valence-electron chi connectivity index (χ0n) is 11.1. The van der Waals surface area contributed by atoms with Crippen LogP contribution in [0.15, 0.2) is 30.3 Å². The third-order valence-electron chi connectivity index (χ3n) is 3.22. The van der Waals surface area contributed by atoms with Gasteiger partial charge in [0.15, 0.2) is 0 Å². The van der Waals surface area contributed by atoms with Crippen molar-refractivity contribution in [1.82, 2.24) is 10.3 Å². The summed E-state index contributed by atoms with van der Waals surface area (Å²) in [4.78, 5) is 16.5. The highest BCUT2D eigenvalue weighted by atomic mass is 35.5. The Bertz CT molecular complexity index is 650. The van der Waals surface area contributed by atoms with Crippen molar-refractivity contribution >= 4 is 28.4 Å². The number of pyridine rings is 1. The van der Waals surface area contributed by atoms with Crippen LogP contribution < -0.4 is 5.32 Å². The van der Waals surface area contributed by atoms with Crippen LogP contribution in [-0.4, -0.2) is 51.6 Å². The summed E-state index contributed by atoms with van der Waals surface area (Å²) < 4.78 is 0. The summed E-state index contributed by atoms with van der Waals surface area (Å²) in [6.45, 7) is -1.78. The average Bonchev–Trinajstić information content (AvgIpc) is 2.51. The molecule has 4 N–H and O–H groups in total. The van der Waals surface area contributed by atoms with E-state index in [4.69, 9.17) is 11.6 Å². The predicted molar refractivity (Wildman–Crippen MR) is 78.2 cm³/mol. The van der Waals surface area contributed by atoms with Gasteiger partial charge in [-0.15, -0.1) is 0 Å². The Morgan fingerprint density at radius 2 is 1.81 bits per heavy atom. The Kier molecular flexibility index (Phi) is 4.74. The summed E-state index contributed by atoms with van der Waals surface area (Å²) in [7, 11) is 0. The first-order valence-electron chi connectivity index (χ1n) is 6.25. The molecule has 0 bridgehead atoms. The highest BCUT2D eigenvalue weighted by molar-refractivity contribution is 6.30. The van der Waals surface area contributed by atoms with E-state index in [-0.39, 0.29) is 10.7 Å². The molecule has 21 heavy (non-hydrogen) atoms. The van der Waals surface area contributed by atoms with E-state index in [1.54, 1.807) is 24.3 Å². The van der Waals surface area contributed by atoms with Crippen LogP contribution in [0, 0.1) is 0 Å². The van der Waals surface area contributed by atoms with Gasteiger partial charge in [-0.2, -0.15) is 0 Å². The minimum Gasteiger partial charge on any atom is -0.394 e. The number of aliphatic hydroxyl groups excluding tert-OH is 3. The number of amides is 1. The third-order valence-corrected chi connectivity index (χ3v) is 3.41. The molecule has 0 radical (unpaired) electrons. The first-order valence-corrected chi connectivity index (χ1v) is 6.63. The topological polar surface area (TPSA) is 103 Å². The van der Waals surface area contributed by atoms with Crippen LogP contribution in [-0.2, 0) is 0 Å². The van der Waals surface area contributed by atoms with Crippen LogP contribution in [0.3, 0.4) is 0 Å². The molecule has 0 unspecified atom stereocenters. The van der Waals surface area contributed by atoms with Gasteiger partial charge in [-0.3, -0.25) is 4.79 Å². The Labute approximate surface area is 126 Å². The smallest absolute Gasteiger partial charge is 0.252 e. The van der Waals surface area contributed by atoms with E-state index in [0.29, 0.717) is 10.9 Å². The number of nitrogens with one attached hydrogen (secondary N) is 1. The van der Waals surface area contributed by atoms with Crippen molar-refractivity contribution in [3.63, 3.8) is 0 Å². The first kappa shape index (κ1) is 15.7. The van der Waals surface area contributed by atoms with Crippen molar-refractivity contribution in [3.8, 4) is 0 Å². The Balaban J connectivity index is 2.44. The fourth-order valence-electron chi connectivity index (χ4n) is 1.91. The quantitative estimate of drug-likeness (QED) is 0.596. The molecular formula is C14H15ClN2O4. The van der Waals surface area contributed by atoms with E-state index in [2.05, 4.69) is 10.3 Å². The van der Waals surface area contributed by atoms with Crippen molar-refractivity contribution in [2.45, 2.75) is 5.54 Å². The summed E-state index contributed by atoms with van der Waals surface area (Å²) in [6, 6.07) is 8.36. The molecule has 0 aliphatic carbocycles. The molecule has 0 fully saturated rings. The van der Waals surface area contributed by atoms with Crippen molar-refractivity contribution in [3.05, 3.63) is 41.0 Å². The van der Waals surface area contributed by atoms with E-state index in [9.17, 15) is 20.1 Å². The van der Waals surface area contributed by atoms with E-state index in [1.807, 2.05) is 0 Å². The van der Waals surface area contributed by atoms with Gasteiger partial charge < -0.3 is 20.6 Å². The fraction of sp³-hybridized carbons (Fsp3) is 0.286. The zero-order chi connectivity index (χ0) is 15.5. The number of aromatic nitrogens is 1. The average molecular weight is 311 g/mol. The molecule has 0 atom stereocenters. The SMILES string of the molecule is O=C(NC(CO)(CO)CO)c1cc(Cl)nc2ccccc12. The van der Waals surface area contributed by atoms with E-state index in [0.717, 1.165) is 0 Å². The molecule has 0 aliphatic rings. The van der Waals surface area contributed by atoms with Gasteiger partial charge >= 0.3 is 0 Å². The minimum atomic E-state index is -1.49. The molecular weight excluding hydrogens is 296 g/mol. The number of hydrogen-bond acceptors (Lipinski definition) is 5. The summed E-state index contributed by atoms with van der Waals surface area (Å²) in [5.41, 5.74) is -0.684. The van der Waals surface area contributed by atoms with Crippen LogP contribution in [0.1, 0.15) is 10.4 Å². The monoisotopic (exact) mass is 310 g/mol. The van der Waals surface area contributed by atoms with Gasteiger partial charge in [0.25, 0.3) is 5.91 Å². The maximum atomic E-state index is 12.4. The van der Waals surface area contributed by atoms with Crippen molar-refractivity contribution in [2.24, 2.45) is 0 Å². The standard InChI is InChI=1S/C14H15ClN2O4/c15-12-5-10(9-3-1-2-4-11(9)16-12)13(21)17-14(6-18,7-19)8-20/h1-5,18-20H,6-8H2,(H,17,21). The summed E-state index contributed by atoms with van der Waals surface area (Å²) >= 11 is 5.90. The molecule has 1 amide bonds. The molecule has 1 heterocycles. The lowest BCUT2D eigenvalue weighted by atomic mass is 10.0. The van der Waals surface area contributed by atoms with Gasteiger partial charge in [0.2, 0.25) is 0 Å². The Hall–Kier alpha value is -1.73. The maximum Gasteiger partial charge on any atom is 0.252 e. The van der Waals surface area contributed by atoms with Crippen LogP contribution >= 0.6 is 11.6 Å². The molecule has 0 spiro atoms.